The molecule has 0 aromatic heterocycles. The molecule has 0 fully saturated rings. The standard InChI is InChI=1S/C16H25N/c1-3-4-5-6-7-12-16(17)13-15-11-9-8-10-14(15)2/h3,8-11,16H,1,4-7,12-13,17H2,2H3. The first-order chi connectivity index (χ1) is 8.24. The van der Waals surface area contributed by atoms with Gasteiger partial charge in [-0.2, -0.15) is 0 Å². The van der Waals surface area contributed by atoms with Crippen molar-refractivity contribution in [3.8, 4) is 0 Å². The molecule has 0 saturated carbocycles. The van der Waals surface area contributed by atoms with Crippen molar-refractivity contribution in [2.24, 2.45) is 5.73 Å². The molecule has 0 aliphatic rings. The zero-order valence-corrected chi connectivity index (χ0v) is 11.0. The summed E-state index contributed by atoms with van der Waals surface area (Å²) in [5, 5.41) is 0. The lowest BCUT2D eigenvalue weighted by molar-refractivity contribution is 0.550. The van der Waals surface area contributed by atoms with Gasteiger partial charge in [-0.05, 0) is 43.7 Å². The van der Waals surface area contributed by atoms with E-state index in [1.807, 2.05) is 6.08 Å². The fraction of sp³-hybridized carbons (Fsp3) is 0.500. The van der Waals surface area contributed by atoms with E-state index < -0.39 is 0 Å². The van der Waals surface area contributed by atoms with Gasteiger partial charge in [-0.15, -0.1) is 6.58 Å². The van der Waals surface area contributed by atoms with E-state index in [1.54, 1.807) is 0 Å². The van der Waals surface area contributed by atoms with Crippen LogP contribution in [0.2, 0.25) is 0 Å². The van der Waals surface area contributed by atoms with Crippen molar-refractivity contribution in [2.45, 2.75) is 51.5 Å². The number of nitrogens with two attached hydrogens (primary N) is 1. The predicted octanol–water partition coefficient (Wildman–Crippen LogP) is 4.00. The molecule has 0 spiro atoms. The minimum Gasteiger partial charge on any atom is -0.327 e. The molecule has 17 heavy (non-hydrogen) atoms. The highest BCUT2D eigenvalue weighted by Gasteiger charge is 2.05. The van der Waals surface area contributed by atoms with Crippen LogP contribution in [0, 0.1) is 6.92 Å². The molecule has 1 aromatic rings. The summed E-state index contributed by atoms with van der Waals surface area (Å²) >= 11 is 0. The van der Waals surface area contributed by atoms with Crippen LogP contribution < -0.4 is 5.73 Å². The number of unbranched alkanes of at least 4 members (excludes halogenated alkanes) is 3. The van der Waals surface area contributed by atoms with Crippen molar-refractivity contribution in [3.05, 3.63) is 48.0 Å². The molecule has 0 heterocycles. The summed E-state index contributed by atoms with van der Waals surface area (Å²) in [7, 11) is 0. The van der Waals surface area contributed by atoms with Crippen LogP contribution >= 0.6 is 0 Å². The first kappa shape index (κ1) is 14.0. The molecule has 2 N–H and O–H groups in total. The molecule has 1 rings (SSSR count). The number of aryl methyl sites for hydroxylation is 1. The summed E-state index contributed by atoms with van der Waals surface area (Å²) in [5.74, 6) is 0. The molecule has 0 aliphatic carbocycles. The summed E-state index contributed by atoms with van der Waals surface area (Å²) in [5.41, 5.74) is 8.92. The Bertz CT molecular complexity index is 330. The third-order valence-electron chi connectivity index (χ3n) is 3.23. The molecule has 1 aromatic carbocycles. The number of hydrogen-bond acceptors (Lipinski definition) is 1. The zero-order chi connectivity index (χ0) is 12.5. The smallest absolute Gasteiger partial charge is 0.00794 e. The van der Waals surface area contributed by atoms with Crippen molar-refractivity contribution in [1.29, 1.82) is 0 Å². The Morgan fingerprint density at radius 1 is 1.24 bits per heavy atom. The topological polar surface area (TPSA) is 26.0 Å². The number of benzene rings is 1. The Labute approximate surface area is 106 Å². The van der Waals surface area contributed by atoms with E-state index in [1.165, 1.54) is 30.4 Å². The van der Waals surface area contributed by atoms with Crippen LogP contribution in [0.1, 0.15) is 43.2 Å². The molecule has 1 heteroatoms. The second-order valence-electron chi connectivity index (χ2n) is 4.82. The minimum absolute atomic E-state index is 0.305. The molecule has 1 unspecified atom stereocenters. The van der Waals surface area contributed by atoms with Gasteiger partial charge in [0.25, 0.3) is 0 Å². The normalized spacial score (nSPS) is 12.4. The Hall–Kier alpha value is -1.08. The van der Waals surface area contributed by atoms with Crippen LogP contribution in [0.5, 0.6) is 0 Å². The Balaban J connectivity index is 2.23. The lowest BCUT2D eigenvalue weighted by Crippen LogP contribution is -2.23. The highest BCUT2D eigenvalue weighted by molar-refractivity contribution is 5.26. The molecule has 94 valence electrons. The zero-order valence-electron chi connectivity index (χ0n) is 11.0. The van der Waals surface area contributed by atoms with E-state index in [0.29, 0.717) is 6.04 Å². The van der Waals surface area contributed by atoms with Crippen LogP contribution in [-0.2, 0) is 6.42 Å². The first-order valence-electron chi connectivity index (χ1n) is 6.65. The van der Waals surface area contributed by atoms with E-state index in [4.69, 9.17) is 5.73 Å². The Morgan fingerprint density at radius 3 is 2.71 bits per heavy atom. The average Bonchev–Trinajstić information content (AvgIpc) is 2.32. The molecule has 0 amide bonds. The fourth-order valence-electron chi connectivity index (χ4n) is 2.10. The van der Waals surface area contributed by atoms with Crippen LogP contribution in [-0.4, -0.2) is 6.04 Å². The lowest BCUT2D eigenvalue weighted by atomic mass is 9.98. The Morgan fingerprint density at radius 2 is 2.00 bits per heavy atom. The lowest BCUT2D eigenvalue weighted by Gasteiger charge is -2.13. The van der Waals surface area contributed by atoms with Gasteiger partial charge in [0.1, 0.15) is 0 Å². The van der Waals surface area contributed by atoms with Gasteiger partial charge in [-0.25, -0.2) is 0 Å². The maximum atomic E-state index is 6.17. The highest BCUT2D eigenvalue weighted by atomic mass is 14.6. The SMILES string of the molecule is C=CCCCCCC(N)Cc1ccccc1C. The van der Waals surface area contributed by atoms with Crippen molar-refractivity contribution in [1.82, 2.24) is 0 Å². The summed E-state index contributed by atoms with van der Waals surface area (Å²) in [6.07, 6.45) is 9.02. The van der Waals surface area contributed by atoms with E-state index in [9.17, 15) is 0 Å². The summed E-state index contributed by atoms with van der Waals surface area (Å²) < 4.78 is 0. The van der Waals surface area contributed by atoms with Crippen LogP contribution in [0.15, 0.2) is 36.9 Å². The highest BCUT2D eigenvalue weighted by Crippen LogP contribution is 2.12. The number of hydrogen-bond donors (Lipinski definition) is 1. The quantitative estimate of drug-likeness (QED) is 0.531. The van der Waals surface area contributed by atoms with Crippen molar-refractivity contribution >= 4 is 0 Å². The Kier molecular flexibility index (Phi) is 6.64. The molecule has 1 atom stereocenters. The molecule has 0 aliphatic heterocycles. The van der Waals surface area contributed by atoms with Gasteiger partial charge < -0.3 is 5.73 Å². The first-order valence-corrected chi connectivity index (χ1v) is 6.65. The molecule has 0 saturated heterocycles. The van der Waals surface area contributed by atoms with Gasteiger partial charge in [0.15, 0.2) is 0 Å². The summed E-state index contributed by atoms with van der Waals surface area (Å²) in [4.78, 5) is 0. The average molecular weight is 231 g/mol. The predicted molar refractivity (Wildman–Crippen MR) is 76.1 cm³/mol. The number of allylic oxidation sites excluding steroid dienone is 1. The monoisotopic (exact) mass is 231 g/mol. The van der Waals surface area contributed by atoms with Gasteiger partial charge in [0.05, 0.1) is 0 Å². The van der Waals surface area contributed by atoms with Crippen molar-refractivity contribution < 1.29 is 0 Å². The summed E-state index contributed by atoms with van der Waals surface area (Å²) in [6.45, 7) is 5.89. The van der Waals surface area contributed by atoms with Gasteiger partial charge in [-0.1, -0.05) is 43.2 Å². The molecular weight excluding hydrogens is 206 g/mol. The maximum absolute atomic E-state index is 6.17. The van der Waals surface area contributed by atoms with Gasteiger partial charge >= 0.3 is 0 Å². The van der Waals surface area contributed by atoms with Gasteiger partial charge in [-0.3, -0.25) is 0 Å². The van der Waals surface area contributed by atoms with Crippen LogP contribution in [0.3, 0.4) is 0 Å². The maximum Gasteiger partial charge on any atom is 0.00794 e. The van der Waals surface area contributed by atoms with Gasteiger partial charge in [0, 0.05) is 6.04 Å². The minimum atomic E-state index is 0.305. The van der Waals surface area contributed by atoms with Crippen molar-refractivity contribution in [2.75, 3.05) is 0 Å². The second-order valence-corrected chi connectivity index (χ2v) is 4.82. The van der Waals surface area contributed by atoms with Gasteiger partial charge in [0.2, 0.25) is 0 Å². The largest absolute Gasteiger partial charge is 0.327 e. The molecule has 1 nitrogen and oxygen atoms in total. The van der Waals surface area contributed by atoms with E-state index in [0.717, 1.165) is 19.3 Å². The van der Waals surface area contributed by atoms with E-state index >= 15 is 0 Å². The third-order valence-corrected chi connectivity index (χ3v) is 3.23. The molecular formula is C16H25N. The third kappa shape index (κ3) is 5.69. The molecule has 0 radical (unpaired) electrons. The summed E-state index contributed by atoms with van der Waals surface area (Å²) in [6, 6.07) is 8.83. The second kappa shape index (κ2) is 8.08. The van der Waals surface area contributed by atoms with Crippen LogP contribution in [0.25, 0.3) is 0 Å². The molecule has 0 bridgehead atoms. The fourth-order valence-corrected chi connectivity index (χ4v) is 2.10. The number of rotatable bonds is 8. The van der Waals surface area contributed by atoms with Crippen molar-refractivity contribution in [3.63, 3.8) is 0 Å². The van der Waals surface area contributed by atoms with E-state index in [2.05, 4.69) is 37.8 Å². The van der Waals surface area contributed by atoms with Crippen LogP contribution in [0.4, 0.5) is 0 Å². The van der Waals surface area contributed by atoms with E-state index in [-0.39, 0.29) is 0 Å².